The van der Waals surface area contributed by atoms with Crippen LogP contribution in [0.5, 0.6) is 5.75 Å². The zero-order valence-corrected chi connectivity index (χ0v) is 15.4. The molecular weight excluding hydrogens is 400 g/mol. The van der Waals surface area contributed by atoms with Crippen molar-refractivity contribution in [2.45, 2.75) is 13.3 Å². The minimum atomic E-state index is -0.784. The Morgan fingerprint density at radius 3 is 2.42 bits per heavy atom. The summed E-state index contributed by atoms with van der Waals surface area (Å²) in [6, 6.07) is 10.8. The number of hydrogen-bond donors (Lipinski definition) is 2. The van der Waals surface area contributed by atoms with Crippen LogP contribution < -0.4 is 10.2 Å². The summed E-state index contributed by atoms with van der Waals surface area (Å²) < 4.78 is 0.429. The molecule has 1 aliphatic heterocycles. The summed E-state index contributed by atoms with van der Waals surface area (Å²) in [6.07, 6.45) is 2.21. The number of anilines is 1. The molecule has 0 radical (unpaired) electrons. The second kappa shape index (κ2) is 7.13. The van der Waals surface area contributed by atoms with Gasteiger partial charge in [0.15, 0.2) is 0 Å². The van der Waals surface area contributed by atoms with E-state index in [1.807, 2.05) is 19.1 Å². The van der Waals surface area contributed by atoms with Gasteiger partial charge in [-0.05, 0) is 63.8 Å². The quantitative estimate of drug-likeness (QED) is 0.595. The van der Waals surface area contributed by atoms with Crippen molar-refractivity contribution < 1.29 is 19.5 Å². The average molecular weight is 415 g/mol. The molecule has 0 aliphatic carbocycles. The molecule has 4 amide bonds. The Hall–Kier alpha value is -2.93. The van der Waals surface area contributed by atoms with Crippen molar-refractivity contribution in [3.05, 3.63) is 63.6 Å². The highest BCUT2D eigenvalue weighted by molar-refractivity contribution is 9.10. The maximum absolute atomic E-state index is 12.8. The van der Waals surface area contributed by atoms with Crippen LogP contribution in [0.4, 0.5) is 10.5 Å². The van der Waals surface area contributed by atoms with Crippen LogP contribution in [0.25, 0.3) is 6.08 Å². The molecule has 1 saturated heterocycles. The largest absolute Gasteiger partial charge is 0.507 e. The van der Waals surface area contributed by atoms with E-state index in [9.17, 15) is 19.5 Å². The highest BCUT2D eigenvalue weighted by Crippen LogP contribution is 2.27. The van der Waals surface area contributed by atoms with E-state index in [-0.39, 0.29) is 11.3 Å². The van der Waals surface area contributed by atoms with Gasteiger partial charge in [0.1, 0.15) is 11.3 Å². The van der Waals surface area contributed by atoms with Crippen molar-refractivity contribution >= 4 is 45.5 Å². The van der Waals surface area contributed by atoms with Gasteiger partial charge in [-0.2, -0.15) is 0 Å². The lowest BCUT2D eigenvalue weighted by molar-refractivity contribution is -0.122. The molecule has 3 rings (SSSR count). The third kappa shape index (κ3) is 3.39. The summed E-state index contributed by atoms with van der Waals surface area (Å²) >= 11 is 3.18. The average Bonchev–Trinajstić information content (AvgIpc) is 2.62. The minimum absolute atomic E-state index is 0.0411. The van der Waals surface area contributed by atoms with Crippen LogP contribution in [0.2, 0.25) is 0 Å². The molecule has 1 fully saturated rings. The molecule has 0 aromatic heterocycles. The van der Waals surface area contributed by atoms with E-state index < -0.39 is 17.8 Å². The van der Waals surface area contributed by atoms with Crippen molar-refractivity contribution in [2.24, 2.45) is 0 Å². The van der Waals surface area contributed by atoms with Gasteiger partial charge < -0.3 is 5.11 Å². The molecule has 0 bridgehead atoms. The van der Waals surface area contributed by atoms with Gasteiger partial charge in [0.05, 0.1) is 10.2 Å². The Morgan fingerprint density at radius 2 is 1.81 bits per heavy atom. The molecule has 1 aliphatic rings. The molecular formula is C19H15BrN2O4. The van der Waals surface area contributed by atoms with E-state index in [0.717, 1.165) is 16.9 Å². The lowest BCUT2D eigenvalue weighted by Crippen LogP contribution is -2.54. The van der Waals surface area contributed by atoms with Crippen molar-refractivity contribution in [3.63, 3.8) is 0 Å². The fourth-order valence-corrected chi connectivity index (χ4v) is 2.95. The van der Waals surface area contributed by atoms with Gasteiger partial charge in [0.2, 0.25) is 0 Å². The number of carbonyl (C=O) groups excluding carboxylic acids is 3. The van der Waals surface area contributed by atoms with Gasteiger partial charge in [0.25, 0.3) is 11.8 Å². The van der Waals surface area contributed by atoms with Gasteiger partial charge in [-0.25, -0.2) is 9.69 Å². The van der Waals surface area contributed by atoms with E-state index in [4.69, 9.17) is 0 Å². The first-order valence-corrected chi connectivity index (χ1v) is 8.69. The van der Waals surface area contributed by atoms with Crippen LogP contribution in [0, 0.1) is 0 Å². The summed E-state index contributed by atoms with van der Waals surface area (Å²) in [6.45, 7) is 2.00. The van der Waals surface area contributed by atoms with Crippen LogP contribution in [0.3, 0.4) is 0 Å². The summed E-state index contributed by atoms with van der Waals surface area (Å²) in [7, 11) is 0. The molecule has 2 aromatic carbocycles. The number of imide groups is 2. The SMILES string of the molecule is CCc1ccc(N2C(=O)NC(=O)/C(=C/c3ccc(O)c(Br)c3)C2=O)cc1. The fraction of sp³-hybridized carbons (Fsp3) is 0.105. The lowest BCUT2D eigenvalue weighted by Gasteiger charge is -2.26. The predicted molar refractivity (Wildman–Crippen MR) is 101 cm³/mol. The Labute approximate surface area is 158 Å². The molecule has 1 heterocycles. The Balaban J connectivity index is 1.99. The molecule has 0 unspecified atom stereocenters. The van der Waals surface area contributed by atoms with E-state index in [1.165, 1.54) is 12.1 Å². The fourth-order valence-electron chi connectivity index (χ4n) is 2.55. The Morgan fingerprint density at radius 1 is 1.12 bits per heavy atom. The number of phenols is 1. The molecule has 6 nitrogen and oxygen atoms in total. The predicted octanol–water partition coefficient (Wildman–Crippen LogP) is 3.38. The number of nitrogens with zero attached hydrogens (tertiary/aromatic N) is 1. The number of carbonyl (C=O) groups is 3. The van der Waals surface area contributed by atoms with Crippen molar-refractivity contribution in [1.82, 2.24) is 5.32 Å². The molecule has 0 saturated carbocycles. The highest BCUT2D eigenvalue weighted by Gasteiger charge is 2.36. The van der Waals surface area contributed by atoms with Gasteiger partial charge in [0, 0.05) is 0 Å². The molecule has 132 valence electrons. The van der Waals surface area contributed by atoms with E-state index >= 15 is 0 Å². The number of benzene rings is 2. The van der Waals surface area contributed by atoms with Gasteiger partial charge >= 0.3 is 6.03 Å². The third-order valence-corrected chi connectivity index (χ3v) is 4.62. The first-order valence-electron chi connectivity index (χ1n) is 7.89. The first kappa shape index (κ1) is 17.9. The number of phenolic OH excluding ortho intramolecular Hbond substituents is 1. The lowest BCUT2D eigenvalue weighted by atomic mass is 10.1. The number of halogens is 1. The zero-order valence-electron chi connectivity index (χ0n) is 13.8. The number of aromatic hydroxyl groups is 1. The maximum atomic E-state index is 12.8. The van der Waals surface area contributed by atoms with Crippen LogP contribution in [-0.2, 0) is 16.0 Å². The monoisotopic (exact) mass is 414 g/mol. The minimum Gasteiger partial charge on any atom is -0.507 e. The molecule has 0 spiro atoms. The summed E-state index contributed by atoms with van der Waals surface area (Å²) in [4.78, 5) is 38.0. The molecule has 2 N–H and O–H groups in total. The Kier molecular flexibility index (Phi) is 4.90. The molecule has 2 aromatic rings. The van der Waals surface area contributed by atoms with Crippen molar-refractivity contribution in [2.75, 3.05) is 4.90 Å². The van der Waals surface area contributed by atoms with Crippen LogP contribution in [-0.4, -0.2) is 23.0 Å². The van der Waals surface area contributed by atoms with Crippen molar-refractivity contribution in [3.8, 4) is 5.75 Å². The topological polar surface area (TPSA) is 86.7 Å². The van der Waals surface area contributed by atoms with Gasteiger partial charge in [-0.15, -0.1) is 0 Å². The summed E-state index contributed by atoms with van der Waals surface area (Å²) in [5.41, 5.74) is 1.82. The smallest absolute Gasteiger partial charge is 0.335 e. The second-order valence-electron chi connectivity index (χ2n) is 5.69. The van der Waals surface area contributed by atoms with Crippen LogP contribution >= 0.6 is 15.9 Å². The normalized spacial score (nSPS) is 16.2. The van der Waals surface area contributed by atoms with E-state index in [0.29, 0.717) is 15.7 Å². The van der Waals surface area contributed by atoms with E-state index in [2.05, 4.69) is 21.2 Å². The van der Waals surface area contributed by atoms with E-state index in [1.54, 1.807) is 24.3 Å². The van der Waals surface area contributed by atoms with Crippen LogP contribution in [0.15, 0.2) is 52.5 Å². The number of hydrogen-bond acceptors (Lipinski definition) is 4. The summed E-state index contributed by atoms with van der Waals surface area (Å²) in [5.74, 6) is -1.42. The number of nitrogens with one attached hydrogen (secondary N) is 1. The van der Waals surface area contributed by atoms with Crippen LogP contribution in [0.1, 0.15) is 18.1 Å². The maximum Gasteiger partial charge on any atom is 0.335 e. The number of urea groups is 1. The highest BCUT2D eigenvalue weighted by atomic mass is 79.9. The van der Waals surface area contributed by atoms with Gasteiger partial charge in [-0.1, -0.05) is 25.1 Å². The molecule has 26 heavy (non-hydrogen) atoms. The summed E-state index contributed by atoms with van der Waals surface area (Å²) in [5, 5.41) is 11.7. The Bertz CT molecular complexity index is 935. The first-order chi connectivity index (χ1) is 12.4. The molecule has 0 atom stereocenters. The third-order valence-electron chi connectivity index (χ3n) is 3.99. The number of rotatable bonds is 3. The second-order valence-corrected chi connectivity index (χ2v) is 6.54. The zero-order chi connectivity index (χ0) is 18.8. The van der Waals surface area contributed by atoms with Crippen molar-refractivity contribution in [1.29, 1.82) is 0 Å². The van der Waals surface area contributed by atoms with Gasteiger partial charge in [-0.3, -0.25) is 14.9 Å². The number of barbiturate groups is 1. The number of aryl methyl sites for hydroxylation is 1. The standard InChI is InChI=1S/C19H15BrN2O4/c1-2-11-3-6-13(7-4-11)22-18(25)14(17(24)21-19(22)26)9-12-5-8-16(23)15(20)10-12/h3-10,23H,2H2,1H3,(H,21,24,26)/b14-9-. The molecule has 7 heteroatoms. The number of amides is 4.